The smallest absolute Gasteiger partial charge is 0.0100 e. The predicted molar refractivity (Wildman–Crippen MR) is 92.8 cm³/mol. The maximum Gasteiger partial charge on any atom is 0.0100 e. The molecule has 1 nitrogen and oxygen atoms in total. The first-order valence-corrected chi connectivity index (χ1v) is 8.57. The van der Waals surface area contributed by atoms with Gasteiger partial charge in [0, 0.05) is 6.04 Å². The van der Waals surface area contributed by atoms with Gasteiger partial charge >= 0.3 is 0 Å². The lowest BCUT2D eigenvalue weighted by Gasteiger charge is -2.44. The highest BCUT2D eigenvalue weighted by atomic mass is 14.9. The van der Waals surface area contributed by atoms with Gasteiger partial charge < -0.3 is 5.32 Å². The molecule has 0 aliphatic heterocycles. The zero-order chi connectivity index (χ0) is 15.6. The quantitative estimate of drug-likeness (QED) is 0.831. The fourth-order valence-corrected chi connectivity index (χ4v) is 4.25. The van der Waals surface area contributed by atoms with Crippen LogP contribution in [0.15, 0.2) is 18.2 Å². The highest BCUT2D eigenvalue weighted by Gasteiger charge is 2.38. The third-order valence-electron chi connectivity index (χ3n) is 5.64. The predicted octanol–water partition coefficient (Wildman–Crippen LogP) is 4.90. The minimum atomic E-state index is 0.354. The summed E-state index contributed by atoms with van der Waals surface area (Å²) in [5.41, 5.74) is 4.72. The maximum absolute atomic E-state index is 3.60. The molecule has 118 valence electrons. The summed E-state index contributed by atoms with van der Waals surface area (Å²) in [6.45, 7) is 11.8. The molecular weight excluding hydrogens is 254 g/mol. The van der Waals surface area contributed by atoms with Crippen molar-refractivity contribution in [3.63, 3.8) is 0 Å². The van der Waals surface area contributed by atoms with Crippen LogP contribution in [0.2, 0.25) is 0 Å². The molecule has 0 aromatic heterocycles. The molecule has 1 aromatic carbocycles. The Bertz CT molecular complexity index is 475. The van der Waals surface area contributed by atoms with E-state index in [1.54, 1.807) is 0 Å². The van der Waals surface area contributed by atoms with E-state index in [2.05, 4.69) is 65.2 Å². The van der Waals surface area contributed by atoms with Crippen molar-refractivity contribution in [2.24, 2.45) is 17.3 Å². The molecule has 1 fully saturated rings. The Labute approximate surface area is 131 Å². The standard InChI is InChI=1S/C20H33N/c1-14-7-9-16(3)17(11-14)13-20(4,5)18-10-8-15(2)12-19(18)21-6/h7,9,11,15,18-19,21H,8,10,12-13H2,1-6H3. The Balaban J connectivity index is 2.18. The lowest BCUT2D eigenvalue weighted by molar-refractivity contribution is 0.0979. The van der Waals surface area contributed by atoms with E-state index in [1.165, 1.54) is 42.4 Å². The molecule has 1 aromatic rings. The van der Waals surface area contributed by atoms with Gasteiger partial charge in [-0.1, -0.05) is 51.0 Å². The van der Waals surface area contributed by atoms with Gasteiger partial charge in [-0.2, -0.15) is 0 Å². The van der Waals surface area contributed by atoms with Gasteiger partial charge in [0.2, 0.25) is 0 Å². The van der Waals surface area contributed by atoms with E-state index >= 15 is 0 Å². The van der Waals surface area contributed by atoms with E-state index in [1.807, 2.05) is 0 Å². The van der Waals surface area contributed by atoms with Gasteiger partial charge in [-0.25, -0.2) is 0 Å². The van der Waals surface area contributed by atoms with Crippen molar-refractivity contribution >= 4 is 0 Å². The Hall–Kier alpha value is -0.820. The molecule has 1 saturated carbocycles. The first kappa shape index (κ1) is 16.5. The molecule has 0 heterocycles. The summed E-state index contributed by atoms with van der Waals surface area (Å²) in [5, 5.41) is 3.60. The van der Waals surface area contributed by atoms with E-state index in [0.717, 1.165) is 11.8 Å². The second kappa shape index (κ2) is 6.52. The number of rotatable bonds is 4. The Kier molecular flexibility index (Phi) is 5.14. The van der Waals surface area contributed by atoms with Crippen molar-refractivity contribution in [3.8, 4) is 0 Å². The third-order valence-corrected chi connectivity index (χ3v) is 5.64. The van der Waals surface area contributed by atoms with E-state index in [9.17, 15) is 0 Å². The first-order valence-electron chi connectivity index (χ1n) is 8.57. The molecule has 0 spiro atoms. The molecule has 0 amide bonds. The van der Waals surface area contributed by atoms with Crippen LogP contribution in [0, 0.1) is 31.1 Å². The van der Waals surface area contributed by atoms with E-state index in [-0.39, 0.29) is 0 Å². The van der Waals surface area contributed by atoms with Crippen LogP contribution in [0.3, 0.4) is 0 Å². The zero-order valence-corrected chi connectivity index (χ0v) is 14.8. The summed E-state index contributed by atoms with van der Waals surface area (Å²) < 4.78 is 0. The van der Waals surface area contributed by atoms with Crippen molar-refractivity contribution in [1.82, 2.24) is 5.32 Å². The van der Waals surface area contributed by atoms with Gasteiger partial charge in [-0.3, -0.25) is 0 Å². The van der Waals surface area contributed by atoms with Gasteiger partial charge in [0.1, 0.15) is 0 Å². The molecule has 3 unspecified atom stereocenters. The summed E-state index contributed by atoms with van der Waals surface area (Å²) in [7, 11) is 2.14. The molecule has 0 radical (unpaired) electrons. The third kappa shape index (κ3) is 3.88. The molecule has 1 aliphatic rings. The zero-order valence-electron chi connectivity index (χ0n) is 14.8. The fourth-order valence-electron chi connectivity index (χ4n) is 4.25. The monoisotopic (exact) mass is 287 g/mol. The van der Waals surface area contributed by atoms with Gasteiger partial charge in [0.25, 0.3) is 0 Å². The fraction of sp³-hybridized carbons (Fsp3) is 0.700. The van der Waals surface area contributed by atoms with Crippen molar-refractivity contribution in [2.45, 2.75) is 66.3 Å². The molecule has 1 heteroatoms. The van der Waals surface area contributed by atoms with E-state index in [0.29, 0.717) is 11.5 Å². The lowest BCUT2D eigenvalue weighted by atomic mass is 9.64. The van der Waals surface area contributed by atoms with Crippen LogP contribution in [-0.4, -0.2) is 13.1 Å². The van der Waals surface area contributed by atoms with E-state index in [4.69, 9.17) is 0 Å². The Morgan fingerprint density at radius 1 is 1.19 bits per heavy atom. The van der Waals surface area contributed by atoms with Crippen molar-refractivity contribution in [2.75, 3.05) is 7.05 Å². The van der Waals surface area contributed by atoms with Crippen LogP contribution < -0.4 is 5.32 Å². The maximum atomic E-state index is 3.60. The lowest BCUT2D eigenvalue weighted by Crippen LogP contribution is -2.46. The van der Waals surface area contributed by atoms with Crippen molar-refractivity contribution < 1.29 is 0 Å². The van der Waals surface area contributed by atoms with E-state index < -0.39 is 0 Å². The summed E-state index contributed by atoms with van der Waals surface area (Å²) in [5.74, 6) is 1.65. The highest BCUT2D eigenvalue weighted by molar-refractivity contribution is 5.31. The summed E-state index contributed by atoms with van der Waals surface area (Å²) in [6.07, 6.45) is 5.28. The first-order chi connectivity index (χ1) is 9.83. The SMILES string of the molecule is CNC1CC(C)CCC1C(C)(C)Cc1cc(C)ccc1C. The topological polar surface area (TPSA) is 12.0 Å². The second-order valence-corrected chi connectivity index (χ2v) is 8.02. The highest BCUT2D eigenvalue weighted by Crippen LogP contribution is 2.42. The average molecular weight is 287 g/mol. The molecule has 21 heavy (non-hydrogen) atoms. The van der Waals surface area contributed by atoms with Crippen LogP contribution in [0.4, 0.5) is 0 Å². The van der Waals surface area contributed by atoms with Crippen molar-refractivity contribution in [1.29, 1.82) is 0 Å². The van der Waals surface area contributed by atoms with Gasteiger partial charge in [0.05, 0.1) is 0 Å². The summed E-state index contributed by atoms with van der Waals surface area (Å²) in [4.78, 5) is 0. The van der Waals surface area contributed by atoms with Gasteiger partial charge in [0.15, 0.2) is 0 Å². The Morgan fingerprint density at radius 3 is 2.57 bits per heavy atom. The Morgan fingerprint density at radius 2 is 1.90 bits per heavy atom. The minimum absolute atomic E-state index is 0.354. The second-order valence-electron chi connectivity index (χ2n) is 8.02. The van der Waals surface area contributed by atoms with Crippen LogP contribution in [-0.2, 0) is 6.42 Å². The van der Waals surface area contributed by atoms with Gasteiger partial charge in [-0.15, -0.1) is 0 Å². The molecule has 0 bridgehead atoms. The van der Waals surface area contributed by atoms with Crippen LogP contribution in [0.1, 0.15) is 56.7 Å². The number of hydrogen-bond acceptors (Lipinski definition) is 1. The number of aryl methyl sites for hydroxylation is 2. The molecule has 2 rings (SSSR count). The summed E-state index contributed by atoms with van der Waals surface area (Å²) >= 11 is 0. The molecule has 0 saturated heterocycles. The average Bonchev–Trinajstić information content (AvgIpc) is 2.42. The minimum Gasteiger partial charge on any atom is -0.317 e. The number of benzene rings is 1. The number of hydrogen-bond donors (Lipinski definition) is 1. The number of nitrogens with one attached hydrogen (secondary N) is 1. The van der Waals surface area contributed by atoms with Crippen LogP contribution in [0.25, 0.3) is 0 Å². The van der Waals surface area contributed by atoms with Gasteiger partial charge in [-0.05, 0) is 68.5 Å². The van der Waals surface area contributed by atoms with Crippen LogP contribution >= 0.6 is 0 Å². The molecule has 3 atom stereocenters. The molecule has 1 aliphatic carbocycles. The van der Waals surface area contributed by atoms with Crippen LogP contribution in [0.5, 0.6) is 0 Å². The normalized spacial score (nSPS) is 26.9. The molecule has 1 N–H and O–H groups in total. The molecular formula is C20H33N. The summed E-state index contributed by atoms with van der Waals surface area (Å²) in [6, 6.07) is 7.56. The largest absolute Gasteiger partial charge is 0.317 e. The van der Waals surface area contributed by atoms with Crippen molar-refractivity contribution in [3.05, 3.63) is 34.9 Å².